The molecular formula is C17H18N2O. The van der Waals surface area contributed by atoms with Gasteiger partial charge in [0.2, 0.25) is 5.91 Å². The fraction of sp³-hybridized carbons (Fsp3) is 0.294. The first kappa shape index (κ1) is 12.9. The van der Waals surface area contributed by atoms with Crippen LogP contribution in [0.15, 0.2) is 48.7 Å². The second-order valence-corrected chi connectivity index (χ2v) is 5.35. The fourth-order valence-corrected chi connectivity index (χ4v) is 2.57. The highest BCUT2D eigenvalue weighted by Gasteiger charge is 2.27. The van der Waals surface area contributed by atoms with Crippen molar-refractivity contribution in [1.29, 1.82) is 0 Å². The fourth-order valence-electron chi connectivity index (χ4n) is 2.57. The Morgan fingerprint density at radius 3 is 2.55 bits per heavy atom. The van der Waals surface area contributed by atoms with Gasteiger partial charge >= 0.3 is 0 Å². The summed E-state index contributed by atoms with van der Waals surface area (Å²) in [6.45, 7) is 3.47. The summed E-state index contributed by atoms with van der Waals surface area (Å²) in [6, 6.07) is 14.3. The zero-order chi connectivity index (χ0) is 13.9. The lowest BCUT2D eigenvalue weighted by Gasteiger charge is -2.15. The molecular weight excluding hydrogens is 248 g/mol. The quantitative estimate of drug-likeness (QED) is 0.855. The van der Waals surface area contributed by atoms with Gasteiger partial charge in [-0.1, -0.05) is 43.3 Å². The Bertz CT molecular complexity index is 592. The van der Waals surface area contributed by atoms with Crippen LogP contribution in [-0.4, -0.2) is 22.3 Å². The minimum Gasteiger partial charge on any atom is -0.337 e. The average Bonchev–Trinajstić information content (AvgIpc) is 2.81. The molecule has 3 rings (SSSR count). The topological polar surface area (TPSA) is 33.2 Å². The number of nitrogens with zero attached hydrogens (tertiary/aromatic N) is 2. The highest BCUT2D eigenvalue weighted by molar-refractivity contribution is 5.80. The van der Waals surface area contributed by atoms with Crippen molar-refractivity contribution >= 4 is 5.91 Å². The van der Waals surface area contributed by atoms with E-state index in [9.17, 15) is 4.79 Å². The van der Waals surface area contributed by atoms with Crippen molar-refractivity contribution < 1.29 is 4.79 Å². The highest BCUT2D eigenvalue weighted by atomic mass is 16.2. The van der Waals surface area contributed by atoms with Crippen molar-refractivity contribution in [1.82, 2.24) is 9.88 Å². The number of aromatic nitrogens is 1. The molecule has 1 unspecified atom stereocenters. The van der Waals surface area contributed by atoms with Crippen molar-refractivity contribution in [2.75, 3.05) is 6.54 Å². The summed E-state index contributed by atoms with van der Waals surface area (Å²) >= 11 is 0. The molecule has 1 aromatic carbocycles. The Labute approximate surface area is 119 Å². The second kappa shape index (κ2) is 5.45. The Balaban J connectivity index is 1.72. The van der Waals surface area contributed by atoms with Crippen LogP contribution in [0.5, 0.6) is 0 Å². The largest absolute Gasteiger partial charge is 0.337 e. The third kappa shape index (κ3) is 2.57. The molecule has 1 aliphatic heterocycles. The SMILES string of the molecule is CC1CCN(Cc2ccc(-c3ccccc3)cn2)C1=O. The van der Waals surface area contributed by atoms with Gasteiger partial charge in [-0.05, 0) is 18.1 Å². The maximum Gasteiger partial charge on any atom is 0.225 e. The van der Waals surface area contributed by atoms with E-state index in [1.54, 1.807) is 0 Å². The number of carbonyl (C=O) groups is 1. The average molecular weight is 266 g/mol. The van der Waals surface area contributed by atoms with E-state index in [1.807, 2.05) is 42.3 Å². The molecule has 1 aliphatic rings. The molecule has 0 aliphatic carbocycles. The number of pyridine rings is 1. The number of likely N-dealkylation sites (tertiary alicyclic amines) is 1. The summed E-state index contributed by atoms with van der Waals surface area (Å²) in [4.78, 5) is 18.3. The van der Waals surface area contributed by atoms with Gasteiger partial charge in [-0.15, -0.1) is 0 Å². The monoisotopic (exact) mass is 266 g/mol. The molecule has 1 saturated heterocycles. The Morgan fingerprint density at radius 2 is 1.95 bits per heavy atom. The van der Waals surface area contributed by atoms with Crippen molar-refractivity contribution in [3.8, 4) is 11.1 Å². The number of hydrogen-bond acceptors (Lipinski definition) is 2. The first-order valence-corrected chi connectivity index (χ1v) is 7.03. The molecule has 0 saturated carbocycles. The minimum atomic E-state index is 0.165. The molecule has 0 bridgehead atoms. The first-order valence-electron chi connectivity index (χ1n) is 7.03. The predicted molar refractivity (Wildman–Crippen MR) is 78.9 cm³/mol. The van der Waals surface area contributed by atoms with Gasteiger partial charge in [-0.3, -0.25) is 9.78 Å². The number of benzene rings is 1. The molecule has 102 valence electrons. The van der Waals surface area contributed by atoms with Gasteiger partial charge in [-0.25, -0.2) is 0 Å². The van der Waals surface area contributed by atoms with Crippen LogP contribution in [0.25, 0.3) is 11.1 Å². The normalized spacial score (nSPS) is 18.6. The molecule has 2 aromatic rings. The molecule has 1 atom stereocenters. The van der Waals surface area contributed by atoms with Gasteiger partial charge in [0.15, 0.2) is 0 Å². The van der Waals surface area contributed by atoms with Crippen LogP contribution in [0, 0.1) is 5.92 Å². The maximum absolute atomic E-state index is 11.9. The van der Waals surface area contributed by atoms with Crippen molar-refractivity contribution in [3.63, 3.8) is 0 Å². The van der Waals surface area contributed by atoms with E-state index in [0.29, 0.717) is 6.54 Å². The Morgan fingerprint density at radius 1 is 1.15 bits per heavy atom. The van der Waals surface area contributed by atoms with Crippen molar-refractivity contribution in [2.24, 2.45) is 5.92 Å². The third-order valence-electron chi connectivity index (χ3n) is 3.85. The van der Waals surface area contributed by atoms with E-state index >= 15 is 0 Å². The molecule has 1 aromatic heterocycles. The van der Waals surface area contributed by atoms with E-state index < -0.39 is 0 Å². The number of amides is 1. The molecule has 1 amide bonds. The van der Waals surface area contributed by atoms with Gasteiger partial charge in [0, 0.05) is 24.2 Å². The summed E-state index contributed by atoms with van der Waals surface area (Å²) < 4.78 is 0. The minimum absolute atomic E-state index is 0.165. The van der Waals surface area contributed by atoms with E-state index in [4.69, 9.17) is 0 Å². The lowest BCUT2D eigenvalue weighted by molar-refractivity contribution is -0.131. The molecule has 2 heterocycles. The Kier molecular flexibility index (Phi) is 3.50. The molecule has 3 heteroatoms. The summed E-state index contributed by atoms with van der Waals surface area (Å²) in [7, 11) is 0. The summed E-state index contributed by atoms with van der Waals surface area (Å²) in [6.07, 6.45) is 2.84. The molecule has 1 fully saturated rings. The smallest absolute Gasteiger partial charge is 0.225 e. The van der Waals surface area contributed by atoms with Gasteiger partial charge in [-0.2, -0.15) is 0 Å². The van der Waals surface area contributed by atoms with Crippen LogP contribution in [0.3, 0.4) is 0 Å². The van der Waals surface area contributed by atoms with Crippen LogP contribution >= 0.6 is 0 Å². The molecule has 3 nitrogen and oxygen atoms in total. The van der Waals surface area contributed by atoms with Gasteiger partial charge in [0.1, 0.15) is 0 Å². The second-order valence-electron chi connectivity index (χ2n) is 5.35. The first-order chi connectivity index (χ1) is 9.74. The van der Waals surface area contributed by atoms with E-state index in [0.717, 1.165) is 29.8 Å². The van der Waals surface area contributed by atoms with Gasteiger partial charge in [0.05, 0.1) is 12.2 Å². The third-order valence-corrected chi connectivity index (χ3v) is 3.85. The number of carbonyl (C=O) groups excluding carboxylic acids is 1. The summed E-state index contributed by atoms with van der Waals surface area (Å²) in [5, 5.41) is 0. The zero-order valence-corrected chi connectivity index (χ0v) is 11.6. The van der Waals surface area contributed by atoms with Crippen molar-refractivity contribution in [2.45, 2.75) is 19.9 Å². The van der Waals surface area contributed by atoms with Crippen LogP contribution in [-0.2, 0) is 11.3 Å². The van der Waals surface area contributed by atoms with Crippen LogP contribution in [0.1, 0.15) is 19.0 Å². The molecule has 20 heavy (non-hydrogen) atoms. The number of hydrogen-bond donors (Lipinski definition) is 0. The van der Waals surface area contributed by atoms with Crippen LogP contribution < -0.4 is 0 Å². The summed E-state index contributed by atoms with van der Waals surface area (Å²) in [5.41, 5.74) is 3.22. The van der Waals surface area contributed by atoms with E-state index in [-0.39, 0.29) is 11.8 Å². The van der Waals surface area contributed by atoms with Gasteiger partial charge < -0.3 is 4.90 Å². The van der Waals surface area contributed by atoms with E-state index in [1.165, 1.54) is 0 Å². The van der Waals surface area contributed by atoms with E-state index in [2.05, 4.69) is 23.2 Å². The lowest BCUT2D eigenvalue weighted by atomic mass is 10.1. The van der Waals surface area contributed by atoms with Gasteiger partial charge in [0.25, 0.3) is 0 Å². The summed E-state index contributed by atoms with van der Waals surface area (Å²) in [5.74, 6) is 0.414. The molecule has 0 radical (unpaired) electrons. The number of rotatable bonds is 3. The lowest BCUT2D eigenvalue weighted by Crippen LogP contribution is -2.26. The van der Waals surface area contributed by atoms with Crippen LogP contribution in [0.2, 0.25) is 0 Å². The molecule has 0 spiro atoms. The van der Waals surface area contributed by atoms with Crippen LogP contribution in [0.4, 0.5) is 0 Å². The maximum atomic E-state index is 11.9. The predicted octanol–water partition coefficient (Wildman–Crippen LogP) is 3.12. The standard InChI is InChI=1S/C17H18N2O/c1-13-9-10-19(17(13)20)12-16-8-7-15(11-18-16)14-5-3-2-4-6-14/h2-8,11,13H,9-10,12H2,1H3. The zero-order valence-electron chi connectivity index (χ0n) is 11.6. The van der Waals surface area contributed by atoms with Crippen molar-refractivity contribution in [3.05, 3.63) is 54.4 Å². The highest BCUT2D eigenvalue weighted by Crippen LogP contribution is 2.21. The molecule has 0 N–H and O–H groups in total. The Hall–Kier alpha value is -2.16.